The van der Waals surface area contributed by atoms with E-state index >= 15 is 0 Å². The third kappa shape index (κ3) is 4.21. The number of aryl methyl sites for hydroxylation is 2. The summed E-state index contributed by atoms with van der Waals surface area (Å²) in [5, 5.41) is 8.68. The van der Waals surface area contributed by atoms with Gasteiger partial charge in [0.1, 0.15) is 5.75 Å². The van der Waals surface area contributed by atoms with Crippen LogP contribution in [0.5, 0.6) is 5.75 Å². The Morgan fingerprint density at radius 2 is 1.76 bits per heavy atom. The molecule has 5 heteroatoms. The Kier molecular flexibility index (Phi) is 5.76. The highest BCUT2D eigenvalue weighted by Crippen LogP contribution is 2.25. The van der Waals surface area contributed by atoms with Gasteiger partial charge in [-0.15, -0.1) is 0 Å². The number of amides is 1. The monoisotopic (exact) mass is 293 g/mol. The van der Waals surface area contributed by atoms with Gasteiger partial charge in [0.25, 0.3) is 5.91 Å². The van der Waals surface area contributed by atoms with Crippen molar-refractivity contribution in [1.29, 1.82) is 0 Å². The van der Waals surface area contributed by atoms with Crippen LogP contribution in [0.15, 0.2) is 12.1 Å². The average molecular weight is 293 g/mol. The number of benzene rings is 1. The van der Waals surface area contributed by atoms with Crippen LogP contribution in [0.25, 0.3) is 0 Å². The minimum absolute atomic E-state index is 0.0246. The number of ether oxygens (including phenoxy) is 1. The largest absolute Gasteiger partial charge is 0.481 e. The second-order valence-electron chi connectivity index (χ2n) is 5.31. The smallest absolute Gasteiger partial charge is 0.341 e. The van der Waals surface area contributed by atoms with E-state index in [1.807, 2.05) is 34.6 Å². The summed E-state index contributed by atoms with van der Waals surface area (Å²) in [5.74, 6) is -0.518. The zero-order chi connectivity index (χ0) is 16.2. The molecule has 5 nitrogen and oxygen atoms in total. The maximum atomic E-state index is 12.5. The maximum absolute atomic E-state index is 12.5. The Morgan fingerprint density at radius 1 is 1.24 bits per heavy atom. The molecule has 0 aromatic heterocycles. The number of carbonyl (C=O) groups excluding carboxylic acids is 1. The predicted molar refractivity (Wildman–Crippen MR) is 80.9 cm³/mol. The lowest BCUT2D eigenvalue weighted by Crippen LogP contribution is -2.36. The molecule has 1 amide bonds. The Morgan fingerprint density at radius 3 is 2.14 bits per heavy atom. The van der Waals surface area contributed by atoms with Crippen molar-refractivity contribution in [2.24, 2.45) is 0 Å². The third-order valence-electron chi connectivity index (χ3n) is 3.27. The first-order chi connectivity index (χ1) is 9.77. The van der Waals surface area contributed by atoms with Gasteiger partial charge in [-0.3, -0.25) is 4.79 Å². The van der Waals surface area contributed by atoms with E-state index in [1.165, 1.54) is 0 Å². The Balaban J connectivity index is 3.07. The maximum Gasteiger partial charge on any atom is 0.341 e. The van der Waals surface area contributed by atoms with Gasteiger partial charge in [-0.25, -0.2) is 4.79 Å². The van der Waals surface area contributed by atoms with Gasteiger partial charge in [0.2, 0.25) is 0 Å². The van der Waals surface area contributed by atoms with Crippen LogP contribution in [0.1, 0.15) is 42.3 Å². The highest BCUT2D eigenvalue weighted by Gasteiger charge is 2.19. The fraction of sp³-hybridized carbons (Fsp3) is 0.500. The van der Waals surface area contributed by atoms with Gasteiger partial charge in [-0.1, -0.05) is 0 Å². The van der Waals surface area contributed by atoms with Crippen LogP contribution in [0.2, 0.25) is 0 Å². The van der Waals surface area contributed by atoms with Gasteiger partial charge in [0, 0.05) is 18.2 Å². The molecule has 0 spiro atoms. The second kappa shape index (κ2) is 7.11. The molecule has 0 saturated heterocycles. The van der Waals surface area contributed by atoms with E-state index in [1.54, 1.807) is 17.0 Å². The average Bonchev–Trinajstić information content (AvgIpc) is 2.37. The number of hydrogen-bond acceptors (Lipinski definition) is 3. The Labute approximate surface area is 125 Å². The summed E-state index contributed by atoms with van der Waals surface area (Å²) in [4.78, 5) is 24.9. The quantitative estimate of drug-likeness (QED) is 0.875. The topological polar surface area (TPSA) is 66.8 Å². The fourth-order valence-corrected chi connectivity index (χ4v) is 2.34. The lowest BCUT2D eigenvalue weighted by Gasteiger charge is -2.25. The standard InChI is InChI=1S/C16H23NO4/c1-6-17(10(2)3)16(20)13-7-11(4)15(12(5)8-13)21-9-14(18)19/h7-8,10H,6,9H2,1-5H3,(H,18,19). The molecule has 1 aromatic rings. The Hall–Kier alpha value is -2.04. The summed E-state index contributed by atoms with van der Waals surface area (Å²) in [6.45, 7) is 9.78. The number of carbonyl (C=O) groups is 2. The molecule has 1 rings (SSSR count). The molecule has 0 fully saturated rings. The van der Waals surface area contributed by atoms with Crippen LogP contribution in [0, 0.1) is 13.8 Å². The predicted octanol–water partition coefficient (Wildman–Crippen LogP) is 2.64. The summed E-state index contributed by atoms with van der Waals surface area (Å²) in [5.41, 5.74) is 2.13. The van der Waals surface area contributed by atoms with Crippen LogP contribution in [-0.4, -0.2) is 41.1 Å². The molecular weight excluding hydrogens is 270 g/mol. The van der Waals surface area contributed by atoms with Gasteiger partial charge in [-0.2, -0.15) is 0 Å². The molecule has 1 aromatic carbocycles. The molecule has 116 valence electrons. The zero-order valence-corrected chi connectivity index (χ0v) is 13.3. The van der Waals surface area contributed by atoms with E-state index in [-0.39, 0.29) is 18.6 Å². The molecule has 0 bridgehead atoms. The first kappa shape index (κ1) is 17.0. The highest BCUT2D eigenvalue weighted by atomic mass is 16.5. The van der Waals surface area contributed by atoms with Crippen LogP contribution >= 0.6 is 0 Å². The van der Waals surface area contributed by atoms with Crippen LogP contribution < -0.4 is 4.74 Å². The first-order valence-electron chi connectivity index (χ1n) is 7.04. The minimum Gasteiger partial charge on any atom is -0.481 e. The van der Waals surface area contributed by atoms with E-state index < -0.39 is 5.97 Å². The number of rotatable bonds is 6. The van der Waals surface area contributed by atoms with E-state index in [2.05, 4.69) is 0 Å². The van der Waals surface area contributed by atoms with E-state index in [4.69, 9.17) is 9.84 Å². The molecule has 0 aliphatic carbocycles. The summed E-state index contributed by atoms with van der Waals surface area (Å²) < 4.78 is 5.27. The lowest BCUT2D eigenvalue weighted by molar-refractivity contribution is -0.139. The summed E-state index contributed by atoms with van der Waals surface area (Å²) in [6, 6.07) is 3.63. The van der Waals surface area contributed by atoms with Crippen LogP contribution in [0.4, 0.5) is 0 Å². The lowest BCUT2D eigenvalue weighted by atomic mass is 10.0. The molecule has 0 aliphatic rings. The van der Waals surface area contributed by atoms with Crippen LogP contribution in [-0.2, 0) is 4.79 Å². The van der Waals surface area contributed by atoms with Gasteiger partial charge in [0.15, 0.2) is 6.61 Å². The van der Waals surface area contributed by atoms with Gasteiger partial charge in [-0.05, 0) is 57.9 Å². The van der Waals surface area contributed by atoms with Gasteiger partial charge >= 0.3 is 5.97 Å². The Bertz CT molecular complexity index is 514. The number of carboxylic acids is 1. The normalized spacial score (nSPS) is 10.6. The van der Waals surface area contributed by atoms with Crippen molar-refractivity contribution in [3.63, 3.8) is 0 Å². The molecule has 1 N–H and O–H groups in total. The number of nitrogens with zero attached hydrogens (tertiary/aromatic N) is 1. The molecule has 0 radical (unpaired) electrons. The van der Waals surface area contributed by atoms with Gasteiger partial charge < -0.3 is 14.7 Å². The first-order valence-corrected chi connectivity index (χ1v) is 7.04. The number of hydrogen-bond donors (Lipinski definition) is 1. The van der Waals surface area contributed by atoms with Crippen molar-refractivity contribution >= 4 is 11.9 Å². The molecule has 0 saturated carbocycles. The van der Waals surface area contributed by atoms with Crippen molar-refractivity contribution in [2.45, 2.75) is 40.7 Å². The zero-order valence-electron chi connectivity index (χ0n) is 13.3. The molecule has 0 aliphatic heterocycles. The van der Waals surface area contributed by atoms with Crippen molar-refractivity contribution in [3.8, 4) is 5.75 Å². The van der Waals surface area contributed by atoms with Crippen LogP contribution in [0.3, 0.4) is 0 Å². The van der Waals surface area contributed by atoms with Crippen molar-refractivity contribution in [2.75, 3.05) is 13.2 Å². The molecule has 0 unspecified atom stereocenters. The van der Waals surface area contributed by atoms with Crippen molar-refractivity contribution in [3.05, 3.63) is 28.8 Å². The highest BCUT2D eigenvalue weighted by molar-refractivity contribution is 5.95. The minimum atomic E-state index is -1.02. The fourth-order valence-electron chi connectivity index (χ4n) is 2.34. The summed E-state index contributed by atoms with van der Waals surface area (Å²) >= 11 is 0. The number of aliphatic carboxylic acids is 1. The van der Waals surface area contributed by atoms with E-state index in [0.29, 0.717) is 17.9 Å². The molecule has 0 atom stereocenters. The van der Waals surface area contributed by atoms with Crippen molar-refractivity contribution < 1.29 is 19.4 Å². The van der Waals surface area contributed by atoms with Gasteiger partial charge in [0.05, 0.1) is 0 Å². The summed E-state index contributed by atoms with van der Waals surface area (Å²) in [7, 11) is 0. The van der Waals surface area contributed by atoms with E-state index in [9.17, 15) is 9.59 Å². The summed E-state index contributed by atoms with van der Waals surface area (Å²) in [6.07, 6.45) is 0. The number of carboxylic acid groups (broad SMARTS) is 1. The molecule has 21 heavy (non-hydrogen) atoms. The van der Waals surface area contributed by atoms with Crippen molar-refractivity contribution in [1.82, 2.24) is 4.90 Å². The molecular formula is C16H23NO4. The molecule has 0 heterocycles. The van der Waals surface area contributed by atoms with E-state index in [0.717, 1.165) is 11.1 Å². The third-order valence-corrected chi connectivity index (χ3v) is 3.27. The SMILES string of the molecule is CCN(C(=O)c1cc(C)c(OCC(=O)O)c(C)c1)C(C)C. The second-order valence-corrected chi connectivity index (χ2v) is 5.31.